The van der Waals surface area contributed by atoms with Crippen LogP contribution in [-0.2, 0) is 0 Å². The van der Waals surface area contributed by atoms with E-state index in [9.17, 15) is 0 Å². The molecule has 0 radical (unpaired) electrons. The molecule has 1 aromatic heterocycles. The van der Waals surface area contributed by atoms with Crippen LogP contribution in [0, 0.1) is 11.3 Å². The minimum absolute atomic E-state index is 0.374. The van der Waals surface area contributed by atoms with Gasteiger partial charge >= 0.3 is 92.7 Å². The van der Waals surface area contributed by atoms with Gasteiger partial charge in [0.2, 0.25) is 0 Å². The summed E-state index contributed by atoms with van der Waals surface area (Å²) in [6.07, 6.45) is 0.649. The van der Waals surface area contributed by atoms with Crippen molar-refractivity contribution in [3.8, 4) is 6.07 Å². The predicted octanol–water partition coefficient (Wildman–Crippen LogP) is 1.96. The molecule has 0 aliphatic rings. The van der Waals surface area contributed by atoms with Crippen LogP contribution in [0.2, 0.25) is 5.32 Å². The van der Waals surface area contributed by atoms with Crippen LogP contribution in [0.5, 0.6) is 0 Å². The van der Waals surface area contributed by atoms with Gasteiger partial charge in [-0.15, -0.1) is 0 Å². The molecular weight excluding hydrogens is 259 g/mol. The summed E-state index contributed by atoms with van der Waals surface area (Å²) in [5, 5.41) is 9.40. The Morgan fingerprint density at radius 2 is 2.29 bits per heavy atom. The quantitative estimate of drug-likeness (QED) is 0.629. The van der Waals surface area contributed by atoms with Crippen molar-refractivity contribution in [1.82, 2.24) is 4.98 Å². The number of nitriles is 1. The van der Waals surface area contributed by atoms with Crippen molar-refractivity contribution in [1.29, 1.82) is 5.26 Å². The van der Waals surface area contributed by atoms with E-state index in [1.807, 2.05) is 18.2 Å². The second-order valence-corrected chi connectivity index (χ2v) is 6.59. The number of thiazole rings is 1. The number of hydrogen-bond acceptors (Lipinski definition) is 3. The van der Waals surface area contributed by atoms with Crippen molar-refractivity contribution in [2.45, 2.75) is 11.7 Å². The van der Waals surface area contributed by atoms with Gasteiger partial charge in [-0.1, -0.05) is 0 Å². The zero-order valence-corrected chi connectivity index (χ0v) is 9.96. The fourth-order valence-corrected chi connectivity index (χ4v) is 4.34. The number of nitrogens with zero attached hydrogens (tertiary/aromatic N) is 2. The molecule has 0 fully saturated rings. The molecule has 0 aliphatic carbocycles. The molecule has 0 atom stereocenters. The van der Waals surface area contributed by atoms with E-state index >= 15 is 0 Å². The summed E-state index contributed by atoms with van der Waals surface area (Å²) in [7, 11) is 0. The van der Waals surface area contributed by atoms with E-state index in [-0.39, 0.29) is 0 Å². The molecule has 2 rings (SSSR count). The molecule has 14 heavy (non-hydrogen) atoms. The van der Waals surface area contributed by atoms with Crippen molar-refractivity contribution in [3.63, 3.8) is 0 Å². The number of benzene rings is 1. The monoisotopic (exact) mass is 268 g/mol. The first-order valence-electron chi connectivity index (χ1n) is 4.25. The molecule has 2 aromatic rings. The number of para-hydroxylation sites is 1. The van der Waals surface area contributed by atoms with E-state index < -0.39 is 0 Å². The van der Waals surface area contributed by atoms with Gasteiger partial charge in [0.1, 0.15) is 0 Å². The second kappa shape index (κ2) is 4.56. The number of rotatable bonds is 3. The second-order valence-electron chi connectivity index (χ2n) is 2.70. The van der Waals surface area contributed by atoms with Gasteiger partial charge in [0, 0.05) is 0 Å². The molecular formula is C10H8N2SSe. The summed E-state index contributed by atoms with van der Waals surface area (Å²) < 4.78 is 2.45. The van der Waals surface area contributed by atoms with E-state index in [0.717, 1.165) is 10.8 Å². The van der Waals surface area contributed by atoms with Gasteiger partial charge in [0.05, 0.1) is 0 Å². The average Bonchev–Trinajstić information content (AvgIpc) is 2.60. The van der Waals surface area contributed by atoms with E-state index in [1.54, 1.807) is 11.3 Å². The van der Waals surface area contributed by atoms with E-state index in [1.165, 1.54) is 8.61 Å². The normalized spacial score (nSPS) is 10.2. The number of aromatic nitrogens is 1. The van der Waals surface area contributed by atoms with Crippen molar-refractivity contribution in [3.05, 3.63) is 24.3 Å². The maximum absolute atomic E-state index is 8.43. The fourth-order valence-electron chi connectivity index (χ4n) is 1.10. The molecule has 2 nitrogen and oxygen atoms in total. The number of fused-ring (bicyclic) bond motifs is 1. The molecule has 4 heteroatoms. The third kappa shape index (κ3) is 2.13. The molecule has 0 saturated heterocycles. The summed E-state index contributed by atoms with van der Waals surface area (Å²) in [6, 6.07) is 10.3. The van der Waals surface area contributed by atoms with Crippen molar-refractivity contribution < 1.29 is 0 Å². The Kier molecular flexibility index (Phi) is 3.15. The molecule has 0 aliphatic heterocycles. The Bertz CT molecular complexity index is 439. The Morgan fingerprint density at radius 1 is 1.43 bits per heavy atom. The van der Waals surface area contributed by atoms with E-state index in [2.05, 4.69) is 17.1 Å². The first kappa shape index (κ1) is 9.67. The first-order valence-corrected chi connectivity index (χ1v) is 7.14. The summed E-state index contributed by atoms with van der Waals surface area (Å²) >= 11 is 2.13. The third-order valence-corrected chi connectivity index (χ3v) is 5.25. The molecule has 70 valence electrons. The zero-order chi connectivity index (χ0) is 9.80. The van der Waals surface area contributed by atoms with Gasteiger partial charge in [-0.3, -0.25) is 0 Å². The molecule has 0 spiro atoms. The Labute approximate surface area is 92.7 Å². The molecule has 1 heterocycles. The van der Waals surface area contributed by atoms with Crippen LogP contribution in [0.4, 0.5) is 0 Å². The first-order chi connectivity index (χ1) is 6.90. The Balaban J connectivity index is 2.15. The molecule has 0 unspecified atom stereocenters. The molecule has 0 bridgehead atoms. The third-order valence-electron chi connectivity index (χ3n) is 1.71. The predicted molar refractivity (Wildman–Crippen MR) is 60.0 cm³/mol. The van der Waals surface area contributed by atoms with Gasteiger partial charge in [-0.05, 0) is 0 Å². The molecule has 0 saturated carbocycles. The van der Waals surface area contributed by atoms with Crippen LogP contribution < -0.4 is 3.91 Å². The summed E-state index contributed by atoms with van der Waals surface area (Å²) in [5.74, 6) is 0. The maximum atomic E-state index is 8.43. The summed E-state index contributed by atoms with van der Waals surface area (Å²) in [4.78, 5) is 4.52. The average molecular weight is 267 g/mol. The van der Waals surface area contributed by atoms with Crippen LogP contribution in [0.1, 0.15) is 6.42 Å². The minimum atomic E-state index is 0.374. The van der Waals surface area contributed by atoms with Crippen LogP contribution in [0.3, 0.4) is 0 Å². The zero-order valence-electron chi connectivity index (χ0n) is 7.43. The molecule has 0 amide bonds. The van der Waals surface area contributed by atoms with Crippen LogP contribution in [-0.4, -0.2) is 19.9 Å². The Morgan fingerprint density at radius 3 is 3.07 bits per heavy atom. The number of hydrogen-bond donors (Lipinski definition) is 0. The van der Waals surface area contributed by atoms with Crippen molar-refractivity contribution >= 4 is 40.4 Å². The van der Waals surface area contributed by atoms with Gasteiger partial charge in [0.25, 0.3) is 0 Å². The Hall–Kier alpha value is -0.881. The fraction of sp³-hybridized carbons (Fsp3) is 0.200. The topological polar surface area (TPSA) is 36.7 Å². The van der Waals surface area contributed by atoms with Gasteiger partial charge in [-0.25, -0.2) is 0 Å². The SMILES string of the molecule is N#CCC[Se]c1nc2ccccc2s1. The van der Waals surface area contributed by atoms with Crippen LogP contribution in [0.15, 0.2) is 24.3 Å². The van der Waals surface area contributed by atoms with Crippen molar-refractivity contribution in [2.75, 3.05) is 0 Å². The summed E-state index contributed by atoms with van der Waals surface area (Å²) in [6.45, 7) is 0. The molecule has 1 aromatic carbocycles. The standard InChI is InChI=1S/C10H8N2SSe/c11-6-3-7-14-10-12-8-4-1-2-5-9(8)13-10/h1-2,4-5H,3,7H2. The van der Waals surface area contributed by atoms with Gasteiger partial charge < -0.3 is 0 Å². The van der Waals surface area contributed by atoms with Crippen molar-refractivity contribution in [2.24, 2.45) is 0 Å². The molecule has 0 N–H and O–H groups in total. The van der Waals surface area contributed by atoms with Crippen LogP contribution >= 0.6 is 11.3 Å². The van der Waals surface area contributed by atoms with E-state index in [0.29, 0.717) is 21.4 Å². The van der Waals surface area contributed by atoms with Gasteiger partial charge in [0.15, 0.2) is 0 Å². The van der Waals surface area contributed by atoms with Crippen LogP contribution in [0.25, 0.3) is 10.2 Å². The van der Waals surface area contributed by atoms with E-state index in [4.69, 9.17) is 5.26 Å². The summed E-state index contributed by atoms with van der Waals surface area (Å²) in [5.41, 5.74) is 1.09. The van der Waals surface area contributed by atoms with Gasteiger partial charge in [-0.2, -0.15) is 0 Å².